The van der Waals surface area contributed by atoms with E-state index in [1.54, 1.807) is 30.8 Å². The number of hydrogen-bond donors (Lipinski definition) is 0. The Morgan fingerprint density at radius 2 is 1.65 bits per heavy atom. The summed E-state index contributed by atoms with van der Waals surface area (Å²) >= 11 is 1.43. The van der Waals surface area contributed by atoms with Crippen LogP contribution in [-0.2, 0) is 19.1 Å². The third kappa shape index (κ3) is 5.36. The Hall–Kier alpha value is -4.05. The molecule has 3 aliphatic rings. The van der Waals surface area contributed by atoms with E-state index in [1.807, 2.05) is 64.9 Å². The molecule has 0 radical (unpaired) electrons. The molecule has 0 N–H and O–H groups in total. The molecule has 40 heavy (non-hydrogen) atoms. The summed E-state index contributed by atoms with van der Waals surface area (Å²) in [5, 5.41) is 2.61. The second kappa shape index (κ2) is 12.0. The van der Waals surface area contributed by atoms with Crippen molar-refractivity contribution in [2.45, 2.75) is 26.3 Å². The lowest BCUT2D eigenvalue weighted by atomic mass is 9.91. The number of methoxy groups -OCH3 is 1. The number of benzene rings is 2. The minimum Gasteiger partial charge on any atom is -0.496 e. The van der Waals surface area contributed by atoms with E-state index >= 15 is 0 Å². The van der Waals surface area contributed by atoms with Gasteiger partial charge in [0.2, 0.25) is 11.8 Å². The van der Waals surface area contributed by atoms with Crippen molar-refractivity contribution in [3.05, 3.63) is 82.4 Å². The standard InChI is InChI=1S/C30H32N4O5S/c1-4-39-29(37)26-27(21-10-6-5-7-11-21)31-30-34(28(26)23-12-8-9-13-24(23)38-3)22(19-40-30)18-25(36)33-16-14-32(15-17-33)20(2)35/h5-13,19,28H,4,14-18H2,1-3H3/t28-/m1/s1. The second-order valence-corrected chi connectivity index (χ2v) is 10.4. The quantitative estimate of drug-likeness (QED) is 0.472. The molecule has 1 fully saturated rings. The van der Waals surface area contributed by atoms with E-state index in [1.165, 1.54) is 11.8 Å². The number of para-hydroxylation sites is 1. The molecule has 3 aliphatic heterocycles. The summed E-state index contributed by atoms with van der Waals surface area (Å²) < 4.78 is 11.3. The van der Waals surface area contributed by atoms with Gasteiger partial charge >= 0.3 is 5.97 Å². The maximum atomic E-state index is 13.7. The van der Waals surface area contributed by atoms with Gasteiger partial charge in [-0.05, 0) is 18.4 Å². The van der Waals surface area contributed by atoms with Crippen LogP contribution in [0.25, 0.3) is 5.70 Å². The van der Waals surface area contributed by atoms with Crippen molar-refractivity contribution in [3.8, 4) is 5.75 Å². The first-order valence-electron chi connectivity index (χ1n) is 13.3. The molecule has 9 nitrogen and oxygen atoms in total. The maximum absolute atomic E-state index is 13.7. The van der Waals surface area contributed by atoms with Gasteiger partial charge in [-0.2, -0.15) is 0 Å². The van der Waals surface area contributed by atoms with Gasteiger partial charge < -0.3 is 24.2 Å². The number of nitrogens with zero attached hydrogens (tertiary/aromatic N) is 4. The SMILES string of the molecule is CCOC(=O)C1=C(c2ccccc2)N=C2SC=C(CC(=O)N3CCN(C(C)=O)CC3)N2[C@@H]1c1ccccc1OC. The van der Waals surface area contributed by atoms with Crippen molar-refractivity contribution in [2.75, 3.05) is 39.9 Å². The summed E-state index contributed by atoms with van der Waals surface area (Å²) in [6.07, 6.45) is 0.133. The summed E-state index contributed by atoms with van der Waals surface area (Å²) in [4.78, 5) is 49.3. The number of carbonyl (C=O) groups is 3. The fourth-order valence-corrected chi connectivity index (χ4v) is 6.13. The first-order chi connectivity index (χ1) is 19.4. The predicted molar refractivity (Wildman–Crippen MR) is 154 cm³/mol. The highest BCUT2D eigenvalue weighted by Gasteiger charge is 2.43. The summed E-state index contributed by atoms with van der Waals surface area (Å²) in [6, 6.07) is 16.5. The molecule has 0 aliphatic carbocycles. The Morgan fingerprint density at radius 1 is 0.975 bits per heavy atom. The summed E-state index contributed by atoms with van der Waals surface area (Å²) in [5.41, 5.74) is 3.23. The molecule has 2 amide bonds. The molecule has 0 unspecified atom stereocenters. The van der Waals surface area contributed by atoms with Crippen LogP contribution in [-0.4, -0.2) is 77.5 Å². The van der Waals surface area contributed by atoms with E-state index in [4.69, 9.17) is 14.5 Å². The number of fused-ring (bicyclic) bond motifs is 1. The summed E-state index contributed by atoms with van der Waals surface area (Å²) in [7, 11) is 1.60. The normalized spacial score (nSPS) is 18.7. The number of amides is 2. The van der Waals surface area contributed by atoms with Crippen molar-refractivity contribution in [2.24, 2.45) is 4.99 Å². The highest BCUT2D eigenvalue weighted by molar-refractivity contribution is 8.16. The maximum Gasteiger partial charge on any atom is 0.338 e. The monoisotopic (exact) mass is 560 g/mol. The molecule has 2 aromatic carbocycles. The van der Waals surface area contributed by atoms with E-state index in [0.29, 0.717) is 48.4 Å². The fourth-order valence-electron chi connectivity index (χ4n) is 5.21. The number of ether oxygens (including phenoxy) is 2. The Morgan fingerprint density at radius 3 is 2.33 bits per heavy atom. The molecule has 5 rings (SSSR count). The van der Waals surface area contributed by atoms with Gasteiger partial charge in [0.05, 0.1) is 37.4 Å². The van der Waals surface area contributed by atoms with Crippen molar-refractivity contribution >= 4 is 40.4 Å². The van der Waals surface area contributed by atoms with Gasteiger partial charge in [0, 0.05) is 49.9 Å². The van der Waals surface area contributed by atoms with Gasteiger partial charge in [-0.3, -0.25) is 9.59 Å². The molecule has 0 aromatic heterocycles. The summed E-state index contributed by atoms with van der Waals surface area (Å²) in [6.45, 7) is 5.55. The van der Waals surface area contributed by atoms with Crippen LogP contribution in [0.2, 0.25) is 0 Å². The molecule has 1 saturated heterocycles. The van der Waals surface area contributed by atoms with Crippen molar-refractivity contribution in [3.63, 3.8) is 0 Å². The van der Waals surface area contributed by atoms with Crippen LogP contribution in [0.15, 0.2) is 76.3 Å². The van der Waals surface area contributed by atoms with Crippen molar-refractivity contribution < 1.29 is 23.9 Å². The van der Waals surface area contributed by atoms with Crippen LogP contribution >= 0.6 is 11.8 Å². The Labute approximate surface area is 238 Å². The lowest BCUT2D eigenvalue weighted by Crippen LogP contribution is -2.50. The Kier molecular flexibility index (Phi) is 8.25. The first kappa shape index (κ1) is 27.5. The number of rotatable bonds is 7. The highest BCUT2D eigenvalue weighted by atomic mass is 32.2. The van der Waals surface area contributed by atoms with E-state index in [0.717, 1.165) is 16.8 Å². The predicted octanol–water partition coefficient (Wildman–Crippen LogP) is 4.05. The van der Waals surface area contributed by atoms with E-state index < -0.39 is 12.0 Å². The number of piperazine rings is 1. The average molecular weight is 561 g/mol. The lowest BCUT2D eigenvalue weighted by molar-refractivity contribution is -0.139. The topological polar surface area (TPSA) is 91.8 Å². The van der Waals surface area contributed by atoms with Crippen LogP contribution in [0.5, 0.6) is 5.75 Å². The molecule has 1 atom stereocenters. The van der Waals surface area contributed by atoms with Gasteiger partial charge in [0.15, 0.2) is 5.17 Å². The first-order valence-corrected chi connectivity index (χ1v) is 14.2. The highest BCUT2D eigenvalue weighted by Crippen LogP contribution is 2.48. The van der Waals surface area contributed by atoms with Crippen LogP contribution in [0.4, 0.5) is 0 Å². The smallest absolute Gasteiger partial charge is 0.338 e. The van der Waals surface area contributed by atoms with Crippen LogP contribution in [0.3, 0.4) is 0 Å². The van der Waals surface area contributed by atoms with Crippen LogP contribution < -0.4 is 4.74 Å². The molecular weight excluding hydrogens is 528 g/mol. The van der Waals surface area contributed by atoms with E-state index in [9.17, 15) is 14.4 Å². The summed E-state index contributed by atoms with van der Waals surface area (Å²) in [5.74, 6) is 0.128. The number of esters is 1. The zero-order valence-corrected chi connectivity index (χ0v) is 23.6. The third-order valence-electron chi connectivity index (χ3n) is 7.20. The van der Waals surface area contributed by atoms with Gasteiger partial charge in [0.25, 0.3) is 0 Å². The van der Waals surface area contributed by atoms with Crippen LogP contribution in [0.1, 0.15) is 37.4 Å². The van der Waals surface area contributed by atoms with Gasteiger partial charge in [0.1, 0.15) is 5.75 Å². The molecule has 0 bridgehead atoms. The number of amidine groups is 1. The van der Waals surface area contributed by atoms with Crippen molar-refractivity contribution in [1.29, 1.82) is 0 Å². The lowest BCUT2D eigenvalue weighted by Gasteiger charge is -2.38. The van der Waals surface area contributed by atoms with Crippen LogP contribution in [0, 0.1) is 0 Å². The molecular formula is C30H32N4O5S. The molecule has 3 heterocycles. The van der Waals surface area contributed by atoms with E-state index in [-0.39, 0.29) is 24.8 Å². The van der Waals surface area contributed by atoms with Gasteiger partial charge in [-0.15, -0.1) is 0 Å². The van der Waals surface area contributed by atoms with Gasteiger partial charge in [-0.25, -0.2) is 9.79 Å². The largest absolute Gasteiger partial charge is 0.496 e. The number of thioether (sulfide) groups is 1. The molecule has 0 spiro atoms. The molecule has 208 valence electrons. The number of carbonyl (C=O) groups excluding carboxylic acids is 3. The molecule has 10 heteroatoms. The Bertz CT molecular complexity index is 1400. The van der Waals surface area contributed by atoms with Crippen molar-refractivity contribution in [1.82, 2.24) is 14.7 Å². The third-order valence-corrected chi connectivity index (χ3v) is 8.08. The minimum atomic E-state index is -0.624. The fraction of sp³-hybridized carbons (Fsp3) is 0.333. The number of hydrogen-bond acceptors (Lipinski definition) is 8. The second-order valence-electron chi connectivity index (χ2n) is 9.55. The average Bonchev–Trinajstić information content (AvgIpc) is 3.38. The van der Waals surface area contributed by atoms with Gasteiger partial charge in [-0.1, -0.05) is 60.3 Å². The minimum absolute atomic E-state index is 0.0170. The Balaban J connectivity index is 1.55. The molecule has 0 saturated carbocycles. The molecule has 2 aromatic rings. The zero-order chi connectivity index (χ0) is 28.2. The number of aliphatic imine (C=N–C) groups is 1. The zero-order valence-electron chi connectivity index (χ0n) is 22.8. The van der Waals surface area contributed by atoms with E-state index in [2.05, 4.69) is 0 Å².